The van der Waals surface area contributed by atoms with E-state index < -0.39 is 18.0 Å². The Balaban J connectivity index is 1.44. The molecule has 0 saturated carbocycles. The third kappa shape index (κ3) is 7.92. The highest BCUT2D eigenvalue weighted by Gasteiger charge is 2.38. The molecule has 4 heterocycles. The van der Waals surface area contributed by atoms with Crippen molar-refractivity contribution in [2.45, 2.75) is 37.8 Å². The molecule has 1 aromatic heterocycles. The van der Waals surface area contributed by atoms with E-state index >= 15 is 0 Å². The highest BCUT2D eigenvalue weighted by atomic mass is 35.5. The van der Waals surface area contributed by atoms with E-state index in [1.807, 2.05) is 0 Å². The maximum absolute atomic E-state index is 14.0. The number of hydrogen-bond donors (Lipinski definition) is 2. The van der Waals surface area contributed by atoms with E-state index in [9.17, 15) is 25.0 Å². The summed E-state index contributed by atoms with van der Waals surface area (Å²) in [5, 5.41) is 33.3. The van der Waals surface area contributed by atoms with Gasteiger partial charge in [0.2, 0.25) is 0 Å². The summed E-state index contributed by atoms with van der Waals surface area (Å²) in [6.45, 7) is 2.51. The first kappa shape index (κ1) is 36.4. The van der Waals surface area contributed by atoms with Gasteiger partial charge in [0.25, 0.3) is 0 Å². The Bertz CT molecular complexity index is 1930. The summed E-state index contributed by atoms with van der Waals surface area (Å²) >= 11 is 19.7. The standard InChI is InChI=1S/C37H36Cl3N3O8/c1-49-33-8-4-23(14-34(33)50-2)26(16-28-30(39)18-42(48)19-31(28)40)27-13-21(3-6-25(27)36(45)46)17-43(32-15-24(44)5-7-29(32)38)37(47)51-35-20-41-11-9-22(35)10-12-41/h3-8,13-15,18-19,22,26,35,44H,9-12,16-17,20H2,1-2H3,(H,45,46)/t26-,35-/m0/s1. The molecule has 0 spiro atoms. The number of phenols is 1. The van der Waals surface area contributed by atoms with Crippen LogP contribution in [0.3, 0.4) is 0 Å². The summed E-state index contributed by atoms with van der Waals surface area (Å²) in [7, 11) is 3.00. The van der Waals surface area contributed by atoms with Crippen LogP contribution in [0.15, 0.2) is 67.0 Å². The largest absolute Gasteiger partial charge is 0.619 e. The number of carbonyl (C=O) groups excluding carboxylic acids is 1. The molecule has 0 aliphatic carbocycles. The molecule has 11 nitrogen and oxygen atoms in total. The maximum atomic E-state index is 14.0. The van der Waals surface area contributed by atoms with Gasteiger partial charge in [0.05, 0.1) is 37.0 Å². The Morgan fingerprint density at radius 3 is 2.29 bits per heavy atom. The van der Waals surface area contributed by atoms with Crippen molar-refractivity contribution in [1.29, 1.82) is 0 Å². The van der Waals surface area contributed by atoms with Crippen LogP contribution in [-0.2, 0) is 17.7 Å². The summed E-state index contributed by atoms with van der Waals surface area (Å²) in [4.78, 5) is 30.4. The fraction of sp³-hybridized carbons (Fsp3) is 0.324. The van der Waals surface area contributed by atoms with E-state index in [1.54, 1.807) is 30.3 Å². The summed E-state index contributed by atoms with van der Waals surface area (Å²) < 4.78 is 17.6. The number of aromatic carboxylic acids is 1. The Labute approximate surface area is 310 Å². The summed E-state index contributed by atoms with van der Waals surface area (Å²) in [6.07, 6.45) is 3.39. The molecule has 3 saturated heterocycles. The quantitative estimate of drug-likeness (QED) is 0.119. The third-order valence-electron chi connectivity index (χ3n) is 9.63. The number of ether oxygens (including phenoxy) is 3. The zero-order valence-electron chi connectivity index (χ0n) is 27.9. The molecule has 7 rings (SSSR count). The minimum atomic E-state index is -1.18. The molecule has 3 aromatic carbocycles. The van der Waals surface area contributed by atoms with Crippen LogP contribution in [0.1, 0.15) is 51.4 Å². The van der Waals surface area contributed by atoms with E-state index in [2.05, 4.69) is 4.90 Å². The van der Waals surface area contributed by atoms with Gasteiger partial charge in [-0.1, -0.05) is 53.0 Å². The lowest BCUT2D eigenvalue weighted by atomic mass is 9.82. The first-order valence-electron chi connectivity index (χ1n) is 16.3. The van der Waals surface area contributed by atoms with Crippen molar-refractivity contribution in [3.63, 3.8) is 0 Å². The summed E-state index contributed by atoms with van der Waals surface area (Å²) in [5.74, 6) is -0.839. The molecular weight excluding hydrogens is 721 g/mol. The number of anilines is 1. The SMILES string of the molecule is COc1ccc([C@H](Cc2c(Cl)c[n+]([O-])cc2Cl)c2cc(CN(C(=O)O[C@H]3CN4CCC3CC4)c3cc(O)ccc3Cl)ccc2C(=O)O)cc1OC. The third-order valence-corrected chi connectivity index (χ3v) is 10.6. The number of fused-ring (bicyclic) bond motifs is 3. The topological polar surface area (TPSA) is 136 Å². The number of phenolic OH excluding ortho intramolecular Hbond substituents is 1. The molecule has 4 aromatic rings. The van der Waals surface area contributed by atoms with Gasteiger partial charge in [0.1, 0.15) is 21.9 Å². The van der Waals surface area contributed by atoms with Crippen LogP contribution in [0.4, 0.5) is 10.5 Å². The van der Waals surface area contributed by atoms with E-state index in [4.69, 9.17) is 49.0 Å². The van der Waals surface area contributed by atoms with Gasteiger partial charge in [-0.3, -0.25) is 9.80 Å². The molecule has 268 valence electrons. The number of nitrogens with zero attached hydrogens (tertiary/aromatic N) is 3. The second-order valence-corrected chi connectivity index (χ2v) is 13.9. The molecule has 2 atom stereocenters. The minimum absolute atomic E-state index is 0.00241. The average Bonchev–Trinajstić information content (AvgIpc) is 3.11. The number of methoxy groups -OCH3 is 2. The van der Waals surface area contributed by atoms with Crippen LogP contribution < -0.4 is 19.1 Å². The Hall–Kier alpha value is -4.42. The summed E-state index contributed by atoms with van der Waals surface area (Å²) in [5.41, 5.74) is 2.24. The van der Waals surface area contributed by atoms with Crippen LogP contribution in [0.5, 0.6) is 17.2 Å². The van der Waals surface area contributed by atoms with Crippen molar-refractivity contribution in [3.05, 3.63) is 115 Å². The molecule has 3 aliphatic heterocycles. The van der Waals surface area contributed by atoms with Crippen molar-refractivity contribution in [3.8, 4) is 17.2 Å². The number of carbonyl (C=O) groups is 2. The fourth-order valence-corrected chi connectivity index (χ4v) is 7.79. The number of aromatic hydroxyl groups is 1. The molecular formula is C37H36Cl3N3O8. The molecule has 14 heteroatoms. The first-order valence-corrected chi connectivity index (χ1v) is 17.4. The lowest BCUT2D eigenvalue weighted by molar-refractivity contribution is -0.605. The predicted octanol–water partition coefficient (Wildman–Crippen LogP) is 7.31. The van der Waals surface area contributed by atoms with Crippen LogP contribution >= 0.6 is 34.8 Å². The van der Waals surface area contributed by atoms with Gasteiger partial charge in [-0.25, -0.2) is 9.59 Å². The van der Waals surface area contributed by atoms with Crippen molar-refractivity contribution in [2.75, 3.05) is 38.8 Å². The van der Waals surface area contributed by atoms with Gasteiger partial charge in [-0.05, 0) is 85.3 Å². The van der Waals surface area contributed by atoms with Crippen LogP contribution in [-0.4, -0.2) is 67.1 Å². The van der Waals surface area contributed by atoms with Crippen molar-refractivity contribution >= 4 is 52.6 Å². The smallest absolute Gasteiger partial charge is 0.414 e. The number of aromatic nitrogens is 1. The predicted molar refractivity (Wildman–Crippen MR) is 193 cm³/mol. The number of piperidine rings is 3. The van der Waals surface area contributed by atoms with Crippen LogP contribution in [0.25, 0.3) is 0 Å². The fourth-order valence-electron chi connectivity index (χ4n) is 6.98. The number of hydrogen-bond acceptors (Lipinski definition) is 8. The minimum Gasteiger partial charge on any atom is -0.619 e. The number of rotatable bonds is 11. The highest BCUT2D eigenvalue weighted by Crippen LogP contribution is 2.40. The van der Waals surface area contributed by atoms with Crippen molar-refractivity contribution in [1.82, 2.24) is 4.90 Å². The monoisotopic (exact) mass is 755 g/mol. The second-order valence-electron chi connectivity index (χ2n) is 12.7. The zero-order valence-corrected chi connectivity index (χ0v) is 30.1. The van der Waals surface area contributed by atoms with E-state index in [0.29, 0.717) is 45.0 Å². The normalized spacial score (nSPS) is 18.6. The zero-order chi connectivity index (χ0) is 36.4. The summed E-state index contributed by atoms with van der Waals surface area (Å²) in [6, 6.07) is 14.3. The Morgan fingerprint density at radius 2 is 1.67 bits per heavy atom. The van der Waals surface area contributed by atoms with Gasteiger partial charge in [0.15, 0.2) is 23.9 Å². The first-order chi connectivity index (χ1) is 24.4. The number of amides is 1. The van der Waals surface area contributed by atoms with E-state index in [-0.39, 0.29) is 57.1 Å². The van der Waals surface area contributed by atoms with Gasteiger partial charge < -0.3 is 29.6 Å². The van der Waals surface area contributed by atoms with Crippen LogP contribution in [0, 0.1) is 11.1 Å². The molecule has 0 unspecified atom stereocenters. The van der Waals surface area contributed by atoms with E-state index in [1.165, 1.54) is 55.8 Å². The Kier molecular flexibility index (Phi) is 11.0. The number of benzene rings is 3. The maximum Gasteiger partial charge on any atom is 0.414 e. The van der Waals surface area contributed by atoms with Crippen LogP contribution in [0.2, 0.25) is 15.1 Å². The number of carboxylic acid groups (broad SMARTS) is 1. The number of carboxylic acids is 1. The lowest BCUT2D eigenvalue weighted by Gasteiger charge is -2.44. The molecule has 2 N–H and O–H groups in total. The molecule has 3 fully saturated rings. The second kappa shape index (κ2) is 15.4. The van der Waals surface area contributed by atoms with Gasteiger partial charge >= 0.3 is 12.1 Å². The molecule has 2 bridgehead atoms. The van der Waals surface area contributed by atoms with Gasteiger partial charge in [-0.15, -0.1) is 0 Å². The van der Waals surface area contributed by atoms with Crippen molar-refractivity contribution < 1.29 is 38.7 Å². The molecule has 1 amide bonds. The molecule has 3 aliphatic rings. The highest BCUT2D eigenvalue weighted by molar-refractivity contribution is 6.35. The number of pyridine rings is 1. The molecule has 0 radical (unpaired) electrons. The number of halogens is 3. The van der Waals surface area contributed by atoms with E-state index in [0.717, 1.165) is 25.9 Å². The average molecular weight is 757 g/mol. The van der Waals surface area contributed by atoms with Crippen molar-refractivity contribution in [2.24, 2.45) is 5.92 Å². The Morgan fingerprint density at radius 1 is 0.961 bits per heavy atom. The van der Waals surface area contributed by atoms with Gasteiger partial charge in [-0.2, -0.15) is 4.73 Å². The lowest BCUT2D eigenvalue weighted by Crippen LogP contribution is -2.53. The molecule has 51 heavy (non-hydrogen) atoms. The van der Waals surface area contributed by atoms with Gasteiger partial charge in [0, 0.05) is 24.1 Å².